The Bertz CT molecular complexity index is 685. The first-order chi connectivity index (χ1) is 13.3. The summed E-state index contributed by atoms with van der Waals surface area (Å²) in [7, 11) is 0. The number of urea groups is 1. The highest BCUT2D eigenvalue weighted by Gasteiger charge is 2.40. The summed E-state index contributed by atoms with van der Waals surface area (Å²) in [6, 6.07) is -0.388. The molecule has 1 aromatic heterocycles. The maximum Gasteiger partial charge on any atom is 0.324 e. The molecule has 2 amide bonds. The number of thioether (sulfide) groups is 1. The molecule has 0 aromatic carbocycles. The third-order valence-corrected chi connectivity index (χ3v) is 7.41. The summed E-state index contributed by atoms with van der Waals surface area (Å²) in [5.74, 6) is -3.61. The van der Waals surface area contributed by atoms with E-state index in [4.69, 9.17) is 5.11 Å². The molecule has 2 N–H and O–H groups in total. The molecule has 0 spiro atoms. The number of halogens is 2. The smallest absolute Gasteiger partial charge is 0.324 e. The van der Waals surface area contributed by atoms with Gasteiger partial charge in [-0.1, -0.05) is 30.6 Å². The molecule has 10 heteroatoms. The van der Waals surface area contributed by atoms with E-state index in [0.29, 0.717) is 22.2 Å². The number of aliphatic carboxylic acids is 1. The van der Waals surface area contributed by atoms with E-state index in [-0.39, 0.29) is 36.7 Å². The van der Waals surface area contributed by atoms with Crippen LogP contribution < -0.4 is 5.32 Å². The van der Waals surface area contributed by atoms with Crippen molar-refractivity contribution in [3.63, 3.8) is 0 Å². The van der Waals surface area contributed by atoms with Crippen LogP contribution in [0, 0.1) is 0 Å². The Morgan fingerprint density at radius 3 is 2.50 bits per heavy atom. The second kappa shape index (κ2) is 9.39. The quantitative estimate of drug-likeness (QED) is 0.613. The van der Waals surface area contributed by atoms with Gasteiger partial charge in [0.1, 0.15) is 0 Å². The number of hydrogen-bond acceptors (Lipinski definition) is 5. The number of carboxylic acid groups (broad SMARTS) is 1. The molecule has 3 rings (SSSR count). The second-order valence-electron chi connectivity index (χ2n) is 7.38. The summed E-state index contributed by atoms with van der Waals surface area (Å²) in [5, 5.41) is 12.0. The minimum atomic E-state index is -2.63. The predicted octanol–water partition coefficient (Wildman–Crippen LogP) is 5.06. The number of hydrogen-bond donors (Lipinski definition) is 2. The number of alkyl halides is 2. The van der Waals surface area contributed by atoms with Gasteiger partial charge >= 0.3 is 12.0 Å². The Hall–Kier alpha value is -1.42. The summed E-state index contributed by atoms with van der Waals surface area (Å²) in [4.78, 5) is 29.7. The van der Waals surface area contributed by atoms with Crippen LogP contribution in [0.25, 0.3) is 0 Å². The van der Waals surface area contributed by atoms with Crippen molar-refractivity contribution in [1.29, 1.82) is 0 Å². The molecule has 6 nitrogen and oxygen atoms in total. The van der Waals surface area contributed by atoms with Crippen LogP contribution in [-0.2, 0) is 4.79 Å². The minimum Gasteiger partial charge on any atom is -0.481 e. The SMILES string of the molecule is O=C(O)CSc1cnc(NC(=O)N(C2CCCCC2)C2CCC(F)(F)CC2)s1. The number of carbonyl (C=O) groups is 2. The van der Waals surface area contributed by atoms with Gasteiger partial charge in [-0.25, -0.2) is 18.6 Å². The number of aromatic nitrogens is 1. The van der Waals surface area contributed by atoms with Crippen LogP contribution in [0.15, 0.2) is 10.4 Å². The number of nitrogens with zero attached hydrogens (tertiary/aromatic N) is 2. The molecule has 28 heavy (non-hydrogen) atoms. The van der Waals surface area contributed by atoms with Gasteiger partial charge in [0.05, 0.1) is 16.2 Å². The highest BCUT2D eigenvalue weighted by atomic mass is 32.2. The van der Waals surface area contributed by atoms with Gasteiger partial charge in [-0.2, -0.15) is 0 Å². The van der Waals surface area contributed by atoms with Crippen molar-refractivity contribution >= 4 is 40.2 Å². The average molecular weight is 434 g/mol. The molecule has 2 saturated carbocycles. The lowest BCUT2D eigenvalue weighted by molar-refractivity contribution is -0.133. The average Bonchev–Trinajstić information content (AvgIpc) is 3.10. The van der Waals surface area contributed by atoms with E-state index in [1.54, 1.807) is 11.1 Å². The van der Waals surface area contributed by atoms with E-state index in [9.17, 15) is 18.4 Å². The second-order valence-corrected chi connectivity index (χ2v) is 9.69. The highest BCUT2D eigenvalue weighted by Crippen LogP contribution is 2.38. The van der Waals surface area contributed by atoms with Crippen LogP contribution >= 0.6 is 23.1 Å². The number of rotatable bonds is 6. The lowest BCUT2D eigenvalue weighted by atomic mass is 9.87. The predicted molar refractivity (Wildman–Crippen MR) is 105 cm³/mol. The van der Waals surface area contributed by atoms with Gasteiger partial charge in [0.2, 0.25) is 5.92 Å². The Kier molecular flexibility index (Phi) is 7.14. The summed E-state index contributed by atoms with van der Waals surface area (Å²) < 4.78 is 27.9. The fourth-order valence-corrected chi connectivity index (χ4v) is 5.55. The molecule has 0 atom stereocenters. The molecule has 2 fully saturated rings. The molecule has 2 aliphatic rings. The van der Waals surface area contributed by atoms with E-state index < -0.39 is 11.9 Å². The molecular formula is C18H25F2N3O3S2. The maximum atomic E-state index is 13.6. The zero-order valence-corrected chi connectivity index (χ0v) is 17.2. The highest BCUT2D eigenvalue weighted by molar-refractivity contribution is 8.01. The molecule has 0 aliphatic heterocycles. The fourth-order valence-electron chi connectivity index (χ4n) is 3.96. The van der Waals surface area contributed by atoms with E-state index in [2.05, 4.69) is 10.3 Å². The van der Waals surface area contributed by atoms with Crippen molar-refractivity contribution in [3.05, 3.63) is 6.20 Å². The van der Waals surface area contributed by atoms with Crippen LogP contribution in [0.2, 0.25) is 0 Å². The molecular weight excluding hydrogens is 408 g/mol. The topological polar surface area (TPSA) is 82.5 Å². The number of carboxylic acids is 1. The molecule has 0 unspecified atom stereocenters. The maximum absolute atomic E-state index is 13.6. The molecule has 0 radical (unpaired) electrons. The summed E-state index contributed by atoms with van der Waals surface area (Å²) >= 11 is 2.37. The zero-order chi connectivity index (χ0) is 20.1. The van der Waals surface area contributed by atoms with E-state index >= 15 is 0 Å². The first-order valence-electron chi connectivity index (χ1n) is 9.62. The standard InChI is InChI=1S/C18H25F2N3O3S2/c19-18(20)8-6-13(7-9-18)23(12-4-2-1-3-5-12)17(26)22-16-21-10-15(28-16)27-11-14(24)25/h10,12-13H,1-9,11H2,(H,24,25)(H,21,22,26). The van der Waals surface area contributed by atoms with Crippen molar-refractivity contribution in [2.45, 2.75) is 80.0 Å². The molecule has 1 heterocycles. The Morgan fingerprint density at radius 1 is 1.21 bits per heavy atom. The molecule has 0 saturated heterocycles. The summed E-state index contributed by atoms with van der Waals surface area (Å²) in [5.41, 5.74) is 0. The summed E-state index contributed by atoms with van der Waals surface area (Å²) in [6.45, 7) is 0. The number of anilines is 1. The lowest BCUT2D eigenvalue weighted by Gasteiger charge is -2.42. The number of thiazole rings is 1. The first-order valence-corrected chi connectivity index (χ1v) is 11.4. The molecule has 0 bridgehead atoms. The van der Waals surface area contributed by atoms with E-state index in [1.807, 2.05) is 0 Å². The fraction of sp³-hybridized carbons (Fsp3) is 0.722. The van der Waals surface area contributed by atoms with E-state index in [0.717, 1.165) is 43.9 Å². The zero-order valence-electron chi connectivity index (χ0n) is 15.5. The molecule has 2 aliphatic carbocycles. The Labute approximate surface area is 171 Å². The van der Waals surface area contributed by atoms with Crippen LogP contribution in [0.1, 0.15) is 57.8 Å². The van der Waals surface area contributed by atoms with Gasteiger partial charge in [-0.15, -0.1) is 11.8 Å². The third kappa shape index (κ3) is 5.79. The number of carbonyl (C=O) groups excluding carboxylic acids is 1. The lowest BCUT2D eigenvalue weighted by Crippen LogP contribution is -2.51. The van der Waals surface area contributed by atoms with Gasteiger partial charge in [-0.3, -0.25) is 10.1 Å². The van der Waals surface area contributed by atoms with Crippen molar-refractivity contribution in [3.8, 4) is 0 Å². The van der Waals surface area contributed by atoms with Crippen molar-refractivity contribution in [2.75, 3.05) is 11.1 Å². The van der Waals surface area contributed by atoms with Gasteiger partial charge in [0.15, 0.2) is 5.13 Å². The normalized spacial score (nSPS) is 20.6. The third-order valence-electron chi connectivity index (χ3n) is 5.32. The largest absolute Gasteiger partial charge is 0.481 e. The number of nitrogens with one attached hydrogen (secondary N) is 1. The van der Waals surface area contributed by atoms with Crippen LogP contribution in [0.4, 0.5) is 18.7 Å². The molecule has 1 aromatic rings. The van der Waals surface area contributed by atoms with Gasteiger partial charge in [0, 0.05) is 24.9 Å². The van der Waals surface area contributed by atoms with E-state index in [1.165, 1.54) is 11.3 Å². The number of amides is 2. The van der Waals surface area contributed by atoms with Gasteiger partial charge < -0.3 is 10.0 Å². The van der Waals surface area contributed by atoms with Gasteiger partial charge in [0.25, 0.3) is 0 Å². The Morgan fingerprint density at radius 2 is 1.86 bits per heavy atom. The minimum absolute atomic E-state index is 0.0694. The van der Waals surface area contributed by atoms with Crippen LogP contribution in [0.5, 0.6) is 0 Å². The van der Waals surface area contributed by atoms with Crippen molar-refractivity contribution in [2.24, 2.45) is 0 Å². The first kappa shape index (κ1) is 21.3. The van der Waals surface area contributed by atoms with Crippen LogP contribution in [-0.4, -0.2) is 50.7 Å². The van der Waals surface area contributed by atoms with Crippen molar-refractivity contribution < 1.29 is 23.5 Å². The Balaban J connectivity index is 1.67. The van der Waals surface area contributed by atoms with Gasteiger partial charge in [-0.05, 0) is 25.7 Å². The summed E-state index contributed by atoms with van der Waals surface area (Å²) in [6.07, 6.45) is 6.85. The monoisotopic (exact) mass is 433 g/mol. The van der Waals surface area contributed by atoms with Crippen molar-refractivity contribution in [1.82, 2.24) is 9.88 Å². The molecule has 156 valence electrons. The van der Waals surface area contributed by atoms with Crippen LogP contribution in [0.3, 0.4) is 0 Å².